The molecule has 1 aliphatic heterocycles. The summed E-state index contributed by atoms with van der Waals surface area (Å²) in [7, 11) is 0. The molecule has 2 aromatic heterocycles. The number of hydrogen-bond acceptors (Lipinski definition) is 6. The van der Waals surface area contributed by atoms with Gasteiger partial charge in [0.05, 0.1) is 5.92 Å². The highest BCUT2D eigenvalue weighted by molar-refractivity contribution is 5.73. The first-order chi connectivity index (χ1) is 16.0. The zero-order valence-electron chi connectivity index (χ0n) is 18.3. The quantitative estimate of drug-likeness (QED) is 0.525. The second-order valence-electron chi connectivity index (χ2n) is 7.95. The Labute approximate surface area is 189 Å². The molecule has 33 heavy (non-hydrogen) atoms. The maximum atomic E-state index is 12.9. The molecule has 7 nitrogen and oxygen atoms in total. The zero-order valence-corrected chi connectivity index (χ0v) is 18.3. The van der Waals surface area contributed by atoms with Crippen molar-refractivity contribution >= 4 is 17.7 Å². The van der Waals surface area contributed by atoms with E-state index in [1.54, 1.807) is 6.08 Å². The van der Waals surface area contributed by atoms with Gasteiger partial charge in [-0.05, 0) is 41.2 Å². The third-order valence-corrected chi connectivity index (χ3v) is 6.02. The molecule has 3 heterocycles. The summed E-state index contributed by atoms with van der Waals surface area (Å²) < 4.78 is 12.9. The van der Waals surface area contributed by atoms with Gasteiger partial charge in [0, 0.05) is 0 Å². The average molecular weight is 438 g/mol. The number of aromatic nitrogens is 2. The van der Waals surface area contributed by atoms with Crippen LogP contribution in [0.15, 0.2) is 62.2 Å². The van der Waals surface area contributed by atoms with Gasteiger partial charge in [0.2, 0.25) is 11.4 Å². The fourth-order valence-electron chi connectivity index (χ4n) is 4.23. The monoisotopic (exact) mass is 438 g/mol. The summed E-state index contributed by atoms with van der Waals surface area (Å²) in [6, 6.07) is 18.0. The van der Waals surface area contributed by atoms with E-state index in [4.69, 9.17) is 14.6 Å². The van der Waals surface area contributed by atoms with Gasteiger partial charge in [0.1, 0.15) is 22.7 Å². The van der Waals surface area contributed by atoms with Gasteiger partial charge in [-0.3, -0.25) is 0 Å². The molecule has 0 fully saturated rings. The van der Waals surface area contributed by atoms with Crippen LogP contribution in [0.1, 0.15) is 47.7 Å². The fourth-order valence-corrected chi connectivity index (χ4v) is 4.23. The van der Waals surface area contributed by atoms with Crippen molar-refractivity contribution in [3.05, 3.63) is 97.8 Å². The first-order valence-corrected chi connectivity index (χ1v) is 10.9. The molecule has 0 radical (unpaired) electrons. The van der Waals surface area contributed by atoms with E-state index >= 15 is 0 Å². The molecule has 2 aromatic carbocycles. The predicted molar refractivity (Wildman–Crippen MR) is 124 cm³/mol. The number of fused-ring (bicyclic) bond motifs is 3. The lowest BCUT2D eigenvalue weighted by atomic mass is 9.87. The number of benzene rings is 2. The van der Waals surface area contributed by atoms with Crippen LogP contribution in [0.25, 0.3) is 17.5 Å². The van der Waals surface area contributed by atoms with Crippen LogP contribution >= 0.6 is 0 Å². The normalized spacial score (nSPS) is 15.2. The number of hydrogen-bond donors (Lipinski definition) is 1. The van der Waals surface area contributed by atoms with Gasteiger partial charge in [-0.15, -0.1) is 0 Å². The molecule has 0 aliphatic carbocycles. The Kier molecular flexibility index (Phi) is 4.98. The first kappa shape index (κ1) is 20.6. The minimum atomic E-state index is -0.569. The molecule has 1 atom stereocenters. The van der Waals surface area contributed by atoms with Gasteiger partial charge in [-0.25, -0.2) is 9.36 Å². The van der Waals surface area contributed by atoms with Crippen molar-refractivity contribution in [2.24, 2.45) is 0 Å². The van der Waals surface area contributed by atoms with E-state index < -0.39 is 11.5 Å². The van der Waals surface area contributed by atoms with Crippen molar-refractivity contribution in [3.8, 4) is 12.0 Å². The topological polar surface area (TPSA) is 111 Å². The number of nitriles is 1. The van der Waals surface area contributed by atoms with Gasteiger partial charge < -0.3 is 14.6 Å². The molecule has 0 bridgehead atoms. The predicted octanol–water partition coefficient (Wildman–Crippen LogP) is 2.77. The maximum absolute atomic E-state index is 12.9. The molecule has 0 saturated carbocycles. The Balaban J connectivity index is 1.80. The molecule has 0 amide bonds. The fraction of sp³-hybridized carbons (Fsp3) is 0.192. The summed E-state index contributed by atoms with van der Waals surface area (Å²) in [6.07, 6.45) is 3.53. The molecule has 1 aliphatic rings. The van der Waals surface area contributed by atoms with Crippen LogP contribution in [0.5, 0.6) is 0 Å². The number of rotatable bonds is 4. The second kappa shape index (κ2) is 7.99. The van der Waals surface area contributed by atoms with E-state index in [1.165, 1.54) is 15.7 Å². The molecular weight excluding hydrogens is 416 g/mol. The third-order valence-electron chi connectivity index (χ3n) is 6.02. The summed E-state index contributed by atoms with van der Waals surface area (Å²) in [5.74, 6) is -0.271. The zero-order chi connectivity index (χ0) is 23.1. The second-order valence-corrected chi connectivity index (χ2v) is 7.95. The van der Waals surface area contributed by atoms with Crippen molar-refractivity contribution in [2.45, 2.75) is 32.6 Å². The van der Waals surface area contributed by atoms with E-state index in [1.807, 2.05) is 48.5 Å². The van der Waals surface area contributed by atoms with E-state index in [-0.39, 0.29) is 28.4 Å². The highest BCUT2D eigenvalue weighted by Gasteiger charge is 2.35. The molecular formula is C26H22N4O3. The van der Waals surface area contributed by atoms with Crippen molar-refractivity contribution in [1.82, 2.24) is 9.55 Å². The SMILES string of the molecule is CCc1ccc(/C=c2\c(=O)oc3n2-c2oc(N)nc2[C@@H](c2ccc(CC)cc2)C=3C#N)cc1. The number of oxazole rings is 2. The van der Waals surface area contributed by atoms with E-state index in [9.17, 15) is 10.1 Å². The van der Waals surface area contributed by atoms with Crippen LogP contribution in [-0.2, 0) is 12.8 Å². The van der Waals surface area contributed by atoms with Crippen LogP contribution < -0.4 is 22.3 Å². The summed E-state index contributed by atoms with van der Waals surface area (Å²) in [5.41, 5.74) is 10.3. The van der Waals surface area contributed by atoms with E-state index in [0.717, 1.165) is 24.0 Å². The molecule has 0 spiro atoms. The first-order valence-electron chi connectivity index (χ1n) is 10.9. The van der Waals surface area contributed by atoms with Gasteiger partial charge in [0.25, 0.3) is 6.01 Å². The highest BCUT2D eigenvalue weighted by atomic mass is 16.4. The van der Waals surface area contributed by atoms with Crippen LogP contribution in [0, 0.1) is 11.3 Å². The Bertz CT molecular complexity index is 1560. The summed E-state index contributed by atoms with van der Waals surface area (Å²) in [5, 5.41) is 10.3. The number of anilines is 1. The Morgan fingerprint density at radius 1 is 1.06 bits per heavy atom. The van der Waals surface area contributed by atoms with Gasteiger partial charge in [0.15, 0.2) is 0 Å². The maximum Gasteiger partial charge on any atom is 0.362 e. The molecule has 0 unspecified atom stereocenters. The molecule has 5 rings (SSSR count). The van der Waals surface area contributed by atoms with Crippen LogP contribution in [0.3, 0.4) is 0 Å². The third kappa shape index (κ3) is 3.37. The van der Waals surface area contributed by atoms with Crippen LogP contribution in [0.2, 0.25) is 0 Å². The average Bonchev–Trinajstić information content (AvgIpc) is 3.37. The molecule has 7 heteroatoms. The Morgan fingerprint density at radius 3 is 2.30 bits per heavy atom. The smallest absolute Gasteiger partial charge is 0.362 e. The molecule has 4 aromatic rings. The number of nitrogen functional groups attached to an aromatic ring is 1. The summed E-state index contributed by atoms with van der Waals surface area (Å²) >= 11 is 0. The number of nitrogens with two attached hydrogens (primary N) is 1. The molecule has 164 valence electrons. The lowest BCUT2D eigenvalue weighted by Crippen LogP contribution is -2.35. The Hall–Kier alpha value is -4.31. The van der Waals surface area contributed by atoms with E-state index in [0.29, 0.717) is 5.69 Å². The molecule has 2 N–H and O–H groups in total. The minimum Gasteiger partial charge on any atom is -0.406 e. The standard InChI is InChI=1S/C26H22N4O3/c1-3-15-5-7-17(8-6-15)13-20-25(31)32-23-19(14-27)21(18-11-9-16(4-2)10-12-18)22-24(30(20)23)33-26(28)29-22/h5-13,21H,3-4H2,1-2H3,(H2,28,29)/b20-13+/t21-/m0/s1. The number of aryl methyl sites for hydroxylation is 2. The van der Waals surface area contributed by atoms with Gasteiger partial charge in [-0.1, -0.05) is 62.4 Å². The van der Waals surface area contributed by atoms with Gasteiger partial charge in [-0.2, -0.15) is 10.2 Å². The Morgan fingerprint density at radius 2 is 1.70 bits per heavy atom. The molecule has 0 saturated heterocycles. The van der Waals surface area contributed by atoms with Crippen molar-refractivity contribution in [1.29, 1.82) is 5.26 Å². The summed E-state index contributed by atoms with van der Waals surface area (Å²) in [4.78, 5) is 17.3. The minimum absolute atomic E-state index is 0.0419. The van der Waals surface area contributed by atoms with Crippen LogP contribution in [-0.4, -0.2) is 9.55 Å². The van der Waals surface area contributed by atoms with Gasteiger partial charge >= 0.3 is 5.63 Å². The largest absolute Gasteiger partial charge is 0.406 e. The van der Waals surface area contributed by atoms with Crippen LogP contribution in [0.4, 0.5) is 6.01 Å². The van der Waals surface area contributed by atoms with Crippen molar-refractivity contribution in [2.75, 3.05) is 5.73 Å². The lowest BCUT2D eigenvalue weighted by molar-refractivity contribution is 0.455. The summed E-state index contributed by atoms with van der Waals surface area (Å²) in [6.45, 7) is 4.16. The van der Waals surface area contributed by atoms with Crippen molar-refractivity contribution < 1.29 is 8.83 Å². The lowest BCUT2D eigenvalue weighted by Gasteiger charge is -2.19. The van der Waals surface area contributed by atoms with Crippen molar-refractivity contribution in [3.63, 3.8) is 0 Å². The van der Waals surface area contributed by atoms with E-state index in [2.05, 4.69) is 24.9 Å². The highest BCUT2D eigenvalue weighted by Crippen LogP contribution is 2.37. The number of nitrogens with zero attached hydrogens (tertiary/aromatic N) is 3.